The summed E-state index contributed by atoms with van der Waals surface area (Å²) in [6.07, 6.45) is -1.48. The van der Waals surface area contributed by atoms with E-state index in [2.05, 4.69) is 0 Å². The number of ketones is 1. The van der Waals surface area contributed by atoms with E-state index in [0.717, 1.165) is 12.8 Å². The number of alkyl halides is 3. The first-order valence-corrected chi connectivity index (χ1v) is 14.8. The summed E-state index contributed by atoms with van der Waals surface area (Å²) in [7, 11) is 0. The first kappa shape index (κ1) is 30.5. The minimum atomic E-state index is -4.14. The van der Waals surface area contributed by atoms with Crippen molar-refractivity contribution < 1.29 is 37.0 Å². The van der Waals surface area contributed by atoms with Crippen molar-refractivity contribution in [3.8, 4) is 16.9 Å². The number of nitrogens with two attached hydrogens (primary N) is 1. The summed E-state index contributed by atoms with van der Waals surface area (Å²) < 4.78 is 61.6. The number of rotatable bonds is 9. The van der Waals surface area contributed by atoms with E-state index in [4.69, 9.17) is 10.5 Å². The van der Waals surface area contributed by atoms with Crippen LogP contribution in [0.1, 0.15) is 61.7 Å². The van der Waals surface area contributed by atoms with E-state index in [1.807, 2.05) is 4.90 Å². The Labute approximate surface area is 243 Å². The number of aliphatic hydroxyl groups is 1. The monoisotopic (exact) mass is 590 g/mol. The van der Waals surface area contributed by atoms with E-state index in [9.17, 15) is 27.9 Å². The number of nitrogens with zero attached hydrogens (tertiary/aromatic N) is 1. The molecule has 1 unspecified atom stereocenters. The van der Waals surface area contributed by atoms with Gasteiger partial charge in [-0.25, -0.2) is 4.39 Å². The smallest absolute Gasteiger partial charge is 0.395 e. The lowest BCUT2D eigenvalue weighted by Crippen LogP contribution is -2.53. The molecule has 0 radical (unpaired) electrons. The van der Waals surface area contributed by atoms with Gasteiger partial charge >= 0.3 is 6.18 Å². The fourth-order valence-electron chi connectivity index (χ4n) is 6.66. The lowest BCUT2D eigenvalue weighted by molar-refractivity contribution is -0.256. The predicted octanol–water partition coefficient (Wildman–Crippen LogP) is 5.76. The van der Waals surface area contributed by atoms with E-state index < -0.39 is 41.3 Å². The number of carbonyl (C=O) groups is 2. The first-order chi connectivity index (χ1) is 20.0. The number of hydrogen-bond acceptors (Lipinski definition) is 5. The van der Waals surface area contributed by atoms with Gasteiger partial charge in [0.2, 0.25) is 5.91 Å². The van der Waals surface area contributed by atoms with Gasteiger partial charge in [-0.15, -0.1) is 0 Å². The van der Waals surface area contributed by atoms with Gasteiger partial charge in [-0.2, -0.15) is 13.2 Å². The van der Waals surface area contributed by atoms with Crippen LogP contribution < -0.4 is 10.5 Å². The molecule has 42 heavy (non-hydrogen) atoms. The van der Waals surface area contributed by atoms with Gasteiger partial charge in [0.05, 0.1) is 24.0 Å². The molecule has 1 saturated heterocycles. The molecular weight excluding hydrogens is 552 g/mol. The number of Topliss-reactive ketones (excluding diaryl/α,β-unsaturated/α-hetero) is 1. The molecule has 3 atom stereocenters. The largest absolute Gasteiger partial charge is 0.493 e. The lowest BCUT2D eigenvalue weighted by Gasteiger charge is -2.47. The quantitative estimate of drug-likeness (QED) is 0.286. The zero-order valence-electron chi connectivity index (χ0n) is 23.5. The van der Waals surface area contributed by atoms with Gasteiger partial charge in [-0.05, 0) is 87.7 Å². The highest BCUT2D eigenvalue weighted by Gasteiger charge is 2.58. The summed E-state index contributed by atoms with van der Waals surface area (Å²) in [5.74, 6) is -1.85. The van der Waals surface area contributed by atoms with Gasteiger partial charge < -0.3 is 20.5 Å². The van der Waals surface area contributed by atoms with Crippen LogP contribution in [0.25, 0.3) is 11.1 Å². The standard InChI is InChI=1S/C32H38F4N2O4/c33-27-17-23(29(40)22-5-9-28(39)26(16-22)30(37)41)4-8-25(27)21-2-6-24(7-3-21)42-18-20-10-14-38(15-11-20)19-31(12-1-13-31)32(34,35)36/h2-4,6-8,17,20,22,26,28,39H,1,5,9-16,18-19H2,(H2,37,41)/t22-,26+,28?/m1/s1. The third kappa shape index (κ3) is 6.49. The topological polar surface area (TPSA) is 92.9 Å². The predicted molar refractivity (Wildman–Crippen MR) is 149 cm³/mol. The Bertz CT molecular complexity index is 1270. The van der Waals surface area contributed by atoms with Crippen molar-refractivity contribution in [3.63, 3.8) is 0 Å². The van der Waals surface area contributed by atoms with Crippen molar-refractivity contribution >= 4 is 11.7 Å². The van der Waals surface area contributed by atoms with Crippen LogP contribution in [0.5, 0.6) is 5.75 Å². The second-order valence-corrected chi connectivity index (χ2v) is 12.3. The minimum Gasteiger partial charge on any atom is -0.493 e. The Morgan fingerprint density at radius 2 is 1.71 bits per heavy atom. The third-order valence-corrected chi connectivity index (χ3v) is 9.60. The Morgan fingerprint density at radius 1 is 1.02 bits per heavy atom. The van der Waals surface area contributed by atoms with E-state index in [-0.39, 0.29) is 43.1 Å². The molecule has 1 aliphatic heterocycles. The van der Waals surface area contributed by atoms with Crippen LogP contribution in [0.3, 0.4) is 0 Å². The molecule has 1 amide bonds. The summed E-state index contributed by atoms with van der Waals surface area (Å²) in [4.78, 5) is 26.6. The first-order valence-electron chi connectivity index (χ1n) is 14.8. The summed E-state index contributed by atoms with van der Waals surface area (Å²) in [6, 6.07) is 11.3. The van der Waals surface area contributed by atoms with E-state index in [0.29, 0.717) is 55.8 Å². The molecule has 0 bridgehead atoms. The second kappa shape index (κ2) is 12.3. The molecule has 2 aromatic carbocycles. The fourth-order valence-corrected chi connectivity index (χ4v) is 6.66. The molecule has 0 aromatic heterocycles. The van der Waals surface area contributed by atoms with Crippen molar-refractivity contribution in [2.24, 2.45) is 28.9 Å². The molecule has 2 aromatic rings. The number of carbonyl (C=O) groups excluding carboxylic acids is 2. The van der Waals surface area contributed by atoms with E-state index in [1.54, 1.807) is 36.4 Å². The van der Waals surface area contributed by atoms with Gasteiger partial charge in [-0.3, -0.25) is 9.59 Å². The average Bonchev–Trinajstić information content (AvgIpc) is 2.94. The molecule has 2 aliphatic carbocycles. The summed E-state index contributed by atoms with van der Waals surface area (Å²) in [5, 5.41) is 10.00. The molecule has 0 spiro atoms. The second-order valence-electron chi connectivity index (χ2n) is 12.3. The number of halogens is 4. The molecule has 5 rings (SSSR count). The highest BCUT2D eigenvalue weighted by molar-refractivity contribution is 5.98. The number of aliphatic hydroxyl groups excluding tert-OH is 1. The number of amides is 1. The average molecular weight is 591 g/mol. The number of piperidine rings is 1. The van der Waals surface area contributed by atoms with Gasteiger partial charge in [0.25, 0.3) is 0 Å². The number of likely N-dealkylation sites (tertiary alicyclic amines) is 1. The maximum atomic E-state index is 15.1. The number of benzene rings is 2. The molecule has 1 heterocycles. The molecule has 2 saturated carbocycles. The van der Waals surface area contributed by atoms with Crippen molar-refractivity contribution in [1.29, 1.82) is 0 Å². The molecule has 3 fully saturated rings. The maximum absolute atomic E-state index is 15.1. The normalized spacial score (nSPS) is 25.0. The minimum absolute atomic E-state index is 0.0950. The number of primary amides is 1. The van der Waals surface area contributed by atoms with Crippen LogP contribution in [-0.2, 0) is 4.79 Å². The van der Waals surface area contributed by atoms with E-state index >= 15 is 4.39 Å². The third-order valence-electron chi connectivity index (χ3n) is 9.60. The van der Waals surface area contributed by atoms with Crippen molar-refractivity contribution in [1.82, 2.24) is 4.90 Å². The number of hydrogen-bond donors (Lipinski definition) is 2. The SMILES string of the molecule is NC(=O)[C@H]1C[C@H](C(=O)c2ccc(-c3ccc(OCC4CCN(CC5(C(F)(F)F)CCC5)CC4)cc3)c(F)c2)CCC1O. The van der Waals surface area contributed by atoms with Crippen LogP contribution in [-0.4, -0.2) is 60.2 Å². The zero-order chi connectivity index (χ0) is 30.1. The van der Waals surface area contributed by atoms with Crippen molar-refractivity contribution in [3.05, 3.63) is 53.8 Å². The highest BCUT2D eigenvalue weighted by Crippen LogP contribution is 2.53. The molecule has 3 aliphatic rings. The van der Waals surface area contributed by atoms with Crippen LogP contribution >= 0.6 is 0 Å². The van der Waals surface area contributed by atoms with Crippen molar-refractivity contribution in [2.45, 2.75) is 63.6 Å². The van der Waals surface area contributed by atoms with Crippen molar-refractivity contribution in [2.75, 3.05) is 26.2 Å². The Morgan fingerprint density at radius 3 is 2.29 bits per heavy atom. The van der Waals surface area contributed by atoms with Gasteiger partial charge in [-0.1, -0.05) is 30.7 Å². The fraction of sp³-hybridized carbons (Fsp3) is 0.562. The molecule has 10 heteroatoms. The highest BCUT2D eigenvalue weighted by atomic mass is 19.4. The van der Waals surface area contributed by atoms with Crippen LogP contribution in [0.15, 0.2) is 42.5 Å². The zero-order valence-corrected chi connectivity index (χ0v) is 23.5. The van der Waals surface area contributed by atoms with Crippen LogP contribution in [0, 0.1) is 29.0 Å². The van der Waals surface area contributed by atoms with Gasteiger partial charge in [0, 0.05) is 23.6 Å². The molecular formula is C32H38F4N2O4. The van der Waals surface area contributed by atoms with Crippen LogP contribution in [0.4, 0.5) is 17.6 Å². The summed E-state index contributed by atoms with van der Waals surface area (Å²) in [5.41, 5.74) is 5.01. The molecule has 3 N–H and O–H groups in total. The molecule has 6 nitrogen and oxygen atoms in total. The Hall–Kier alpha value is -2.98. The Balaban J connectivity index is 1.12. The lowest BCUT2D eigenvalue weighted by atomic mass is 9.67. The van der Waals surface area contributed by atoms with Gasteiger partial charge in [0.15, 0.2) is 5.78 Å². The summed E-state index contributed by atoms with van der Waals surface area (Å²) in [6.45, 7) is 1.84. The molecule has 228 valence electrons. The maximum Gasteiger partial charge on any atom is 0.395 e. The number of ether oxygens (including phenoxy) is 1. The van der Waals surface area contributed by atoms with Crippen LogP contribution in [0.2, 0.25) is 0 Å². The van der Waals surface area contributed by atoms with Gasteiger partial charge in [0.1, 0.15) is 11.6 Å². The van der Waals surface area contributed by atoms with E-state index in [1.165, 1.54) is 6.07 Å². The Kier molecular flexibility index (Phi) is 8.94. The summed E-state index contributed by atoms with van der Waals surface area (Å²) >= 11 is 0.